The number of rotatable bonds is 4. The number of nitrogens with zero attached hydrogens (tertiary/aromatic N) is 2. The van der Waals surface area contributed by atoms with E-state index in [1.54, 1.807) is 31.3 Å². The van der Waals surface area contributed by atoms with Gasteiger partial charge in [-0.05, 0) is 25.5 Å². The quantitative estimate of drug-likeness (QED) is 0.901. The van der Waals surface area contributed by atoms with Crippen molar-refractivity contribution in [3.05, 3.63) is 42.0 Å². The molecule has 18 heavy (non-hydrogen) atoms. The molecule has 0 aliphatic heterocycles. The molecule has 2 rings (SSSR count). The topological polar surface area (TPSA) is 47.0 Å². The molecule has 1 N–H and O–H groups in total. The summed E-state index contributed by atoms with van der Waals surface area (Å²) >= 11 is 0. The lowest BCUT2D eigenvalue weighted by atomic mass is 10.2. The number of hydrogen-bond acceptors (Lipinski definition) is 4. The maximum Gasteiger partial charge on any atom is 0.239 e. The molecule has 2 aromatic rings. The summed E-state index contributed by atoms with van der Waals surface area (Å²) in [6, 6.07) is 4.97. The van der Waals surface area contributed by atoms with Gasteiger partial charge in [0.1, 0.15) is 5.82 Å². The number of ether oxygens (including phenoxy) is 1. The SMILES string of the molecule is CCNc1cncc(Oc2cccc(C)c2F)n1. The average molecular weight is 247 g/mol. The first-order valence-electron chi connectivity index (χ1n) is 5.69. The van der Waals surface area contributed by atoms with Crippen LogP contribution in [0.3, 0.4) is 0 Å². The molecule has 0 saturated carbocycles. The molecule has 4 nitrogen and oxygen atoms in total. The Bertz CT molecular complexity index is 546. The summed E-state index contributed by atoms with van der Waals surface area (Å²) in [7, 11) is 0. The number of aryl methyl sites for hydroxylation is 1. The van der Waals surface area contributed by atoms with Crippen molar-refractivity contribution in [3.63, 3.8) is 0 Å². The van der Waals surface area contributed by atoms with Crippen LogP contribution in [0.1, 0.15) is 12.5 Å². The van der Waals surface area contributed by atoms with Crippen LogP contribution in [0.25, 0.3) is 0 Å². The highest BCUT2D eigenvalue weighted by atomic mass is 19.1. The van der Waals surface area contributed by atoms with Gasteiger partial charge in [-0.25, -0.2) is 4.39 Å². The third kappa shape index (κ3) is 2.74. The second kappa shape index (κ2) is 5.44. The van der Waals surface area contributed by atoms with Crippen molar-refractivity contribution in [2.24, 2.45) is 0 Å². The van der Waals surface area contributed by atoms with Crippen LogP contribution < -0.4 is 10.1 Å². The molecule has 0 unspecified atom stereocenters. The molecule has 0 amide bonds. The van der Waals surface area contributed by atoms with E-state index in [1.807, 2.05) is 6.92 Å². The van der Waals surface area contributed by atoms with E-state index in [4.69, 9.17) is 4.74 Å². The molecule has 0 spiro atoms. The van der Waals surface area contributed by atoms with Gasteiger partial charge in [-0.15, -0.1) is 0 Å². The van der Waals surface area contributed by atoms with Gasteiger partial charge in [0.2, 0.25) is 5.88 Å². The van der Waals surface area contributed by atoms with E-state index < -0.39 is 0 Å². The monoisotopic (exact) mass is 247 g/mol. The Labute approximate surface area is 105 Å². The molecule has 0 bridgehead atoms. The highest BCUT2D eigenvalue weighted by Crippen LogP contribution is 2.24. The van der Waals surface area contributed by atoms with Gasteiger partial charge in [0, 0.05) is 6.54 Å². The van der Waals surface area contributed by atoms with Gasteiger partial charge >= 0.3 is 0 Å². The Morgan fingerprint density at radius 2 is 2.17 bits per heavy atom. The molecule has 1 aromatic heterocycles. The third-order valence-electron chi connectivity index (χ3n) is 2.34. The largest absolute Gasteiger partial charge is 0.434 e. The molecule has 1 heterocycles. The molecule has 0 aliphatic carbocycles. The predicted octanol–water partition coefficient (Wildman–Crippen LogP) is 3.15. The highest BCUT2D eigenvalue weighted by molar-refractivity contribution is 5.36. The van der Waals surface area contributed by atoms with Crippen LogP contribution in [0.5, 0.6) is 11.6 Å². The van der Waals surface area contributed by atoms with Crippen LogP contribution in [0.15, 0.2) is 30.6 Å². The average Bonchev–Trinajstić information content (AvgIpc) is 2.36. The van der Waals surface area contributed by atoms with E-state index in [-0.39, 0.29) is 17.4 Å². The standard InChI is InChI=1S/C13H14FN3O/c1-3-16-11-7-15-8-12(17-11)18-10-6-4-5-9(2)13(10)14/h4-8H,3H2,1-2H3,(H,16,17). The Balaban J connectivity index is 2.23. The van der Waals surface area contributed by atoms with Gasteiger partial charge < -0.3 is 10.1 Å². The fourth-order valence-corrected chi connectivity index (χ4v) is 1.48. The summed E-state index contributed by atoms with van der Waals surface area (Å²) < 4.78 is 19.1. The molecule has 0 radical (unpaired) electrons. The van der Waals surface area contributed by atoms with Crippen molar-refractivity contribution in [2.75, 3.05) is 11.9 Å². The fourth-order valence-electron chi connectivity index (χ4n) is 1.48. The third-order valence-corrected chi connectivity index (χ3v) is 2.34. The van der Waals surface area contributed by atoms with Crippen molar-refractivity contribution in [3.8, 4) is 11.6 Å². The minimum absolute atomic E-state index is 0.151. The lowest BCUT2D eigenvalue weighted by Crippen LogP contribution is -2.01. The van der Waals surface area contributed by atoms with Crippen molar-refractivity contribution < 1.29 is 9.13 Å². The summed E-state index contributed by atoms with van der Waals surface area (Å²) in [5.41, 5.74) is 0.531. The highest BCUT2D eigenvalue weighted by Gasteiger charge is 2.08. The van der Waals surface area contributed by atoms with Crippen LogP contribution in [-0.2, 0) is 0 Å². The molecule has 1 aromatic carbocycles. The number of anilines is 1. The predicted molar refractivity (Wildman–Crippen MR) is 67.4 cm³/mol. The Kier molecular flexibility index (Phi) is 3.72. The first-order chi connectivity index (χ1) is 8.70. The van der Waals surface area contributed by atoms with Crippen LogP contribution >= 0.6 is 0 Å². The molecule has 0 fully saturated rings. The Morgan fingerprint density at radius 1 is 1.33 bits per heavy atom. The molecule has 94 valence electrons. The smallest absolute Gasteiger partial charge is 0.239 e. The van der Waals surface area contributed by atoms with E-state index in [9.17, 15) is 4.39 Å². The van der Waals surface area contributed by atoms with E-state index >= 15 is 0 Å². The van der Waals surface area contributed by atoms with Crippen molar-refractivity contribution in [2.45, 2.75) is 13.8 Å². The van der Waals surface area contributed by atoms with Gasteiger partial charge in [0.15, 0.2) is 11.6 Å². The molecular weight excluding hydrogens is 233 g/mol. The Morgan fingerprint density at radius 3 is 2.94 bits per heavy atom. The van der Waals surface area contributed by atoms with Gasteiger partial charge in [-0.2, -0.15) is 4.98 Å². The maximum absolute atomic E-state index is 13.7. The normalized spacial score (nSPS) is 10.2. The Hall–Kier alpha value is -2.17. The molecule has 5 heteroatoms. The summed E-state index contributed by atoms with van der Waals surface area (Å²) in [6.45, 7) is 4.37. The number of halogens is 1. The minimum Gasteiger partial charge on any atom is -0.434 e. The maximum atomic E-state index is 13.7. The zero-order valence-electron chi connectivity index (χ0n) is 10.3. The minimum atomic E-state index is -0.381. The van der Waals surface area contributed by atoms with Crippen LogP contribution in [0.4, 0.5) is 10.2 Å². The second-order valence-electron chi connectivity index (χ2n) is 3.76. The van der Waals surface area contributed by atoms with E-state index in [0.29, 0.717) is 11.4 Å². The van der Waals surface area contributed by atoms with Crippen LogP contribution in [-0.4, -0.2) is 16.5 Å². The summed E-state index contributed by atoms with van der Waals surface area (Å²) in [5, 5.41) is 3.01. The van der Waals surface area contributed by atoms with Crippen molar-refractivity contribution >= 4 is 5.82 Å². The number of benzene rings is 1. The number of hydrogen-bond donors (Lipinski definition) is 1. The summed E-state index contributed by atoms with van der Waals surface area (Å²) in [6.07, 6.45) is 3.03. The first kappa shape index (κ1) is 12.3. The van der Waals surface area contributed by atoms with Gasteiger partial charge in [-0.1, -0.05) is 12.1 Å². The van der Waals surface area contributed by atoms with Crippen molar-refractivity contribution in [1.29, 1.82) is 0 Å². The van der Waals surface area contributed by atoms with Crippen LogP contribution in [0, 0.1) is 12.7 Å². The first-order valence-corrected chi connectivity index (χ1v) is 5.69. The molecular formula is C13H14FN3O. The van der Waals surface area contributed by atoms with Gasteiger partial charge in [0.05, 0.1) is 12.4 Å². The summed E-state index contributed by atoms with van der Waals surface area (Å²) in [4.78, 5) is 8.15. The zero-order valence-corrected chi connectivity index (χ0v) is 10.3. The fraction of sp³-hybridized carbons (Fsp3) is 0.231. The second-order valence-corrected chi connectivity index (χ2v) is 3.76. The molecule has 0 aliphatic rings. The molecule has 0 saturated heterocycles. The number of nitrogens with one attached hydrogen (secondary N) is 1. The zero-order chi connectivity index (χ0) is 13.0. The lowest BCUT2D eigenvalue weighted by Gasteiger charge is -2.08. The summed E-state index contributed by atoms with van der Waals surface area (Å²) in [5.74, 6) is 0.632. The van der Waals surface area contributed by atoms with Gasteiger partial charge in [0.25, 0.3) is 0 Å². The molecule has 0 atom stereocenters. The van der Waals surface area contributed by atoms with Crippen LogP contribution in [0.2, 0.25) is 0 Å². The number of aromatic nitrogens is 2. The van der Waals surface area contributed by atoms with Gasteiger partial charge in [-0.3, -0.25) is 4.98 Å². The van der Waals surface area contributed by atoms with E-state index in [1.165, 1.54) is 6.20 Å². The van der Waals surface area contributed by atoms with E-state index in [0.717, 1.165) is 6.54 Å². The lowest BCUT2D eigenvalue weighted by molar-refractivity contribution is 0.424. The van der Waals surface area contributed by atoms with E-state index in [2.05, 4.69) is 15.3 Å². The van der Waals surface area contributed by atoms with Crippen molar-refractivity contribution in [1.82, 2.24) is 9.97 Å².